The fraction of sp³-hybridized carbons (Fsp3) is 0.600. The van der Waals surface area contributed by atoms with Crippen molar-refractivity contribution in [3.05, 3.63) is 35.4 Å². The third-order valence-electron chi connectivity index (χ3n) is 4.53. The summed E-state index contributed by atoms with van der Waals surface area (Å²) in [7, 11) is 1.40. The van der Waals surface area contributed by atoms with Gasteiger partial charge < -0.3 is 20.1 Å². The Labute approximate surface area is 156 Å². The molecule has 0 radical (unpaired) electrons. The molecule has 0 amide bonds. The molecule has 0 saturated carbocycles. The molecular weight excluding hydrogens is 330 g/mol. The molecule has 0 aromatic heterocycles. The molecule has 1 aromatic rings. The number of nitrogens with one attached hydrogen (secondary N) is 2. The molecule has 1 fully saturated rings. The first-order valence-electron chi connectivity index (χ1n) is 9.41. The molecule has 6 heteroatoms. The summed E-state index contributed by atoms with van der Waals surface area (Å²) >= 11 is 0. The Morgan fingerprint density at radius 2 is 2.08 bits per heavy atom. The predicted molar refractivity (Wildman–Crippen MR) is 103 cm³/mol. The first kappa shape index (κ1) is 20.2. The lowest BCUT2D eigenvalue weighted by Crippen LogP contribution is -2.39. The largest absolute Gasteiger partial charge is 0.469 e. The Hall–Kier alpha value is -2.08. The van der Waals surface area contributed by atoms with E-state index >= 15 is 0 Å². The van der Waals surface area contributed by atoms with Crippen molar-refractivity contribution in [2.45, 2.75) is 39.2 Å². The number of rotatable bonds is 7. The van der Waals surface area contributed by atoms with Gasteiger partial charge in [0, 0.05) is 32.2 Å². The summed E-state index contributed by atoms with van der Waals surface area (Å²) in [6.45, 7) is 6.88. The van der Waals surface area contributed by atoms with Gasteiger partial charge in [-0.15, -0.1) is 0 Å². The molecule has 2 rings (SSSR count). The maximum Gasteiger partial charge on any atom is 0.307 e. The van der Waals surface area contributed by atoms with E-state index in [1.165, 1.54) is 18.2 Å². The number of carbonyl (C=O) groups excluding carboxylic acids is 1. The van der Waals surface area contributed by atoms with Crippen molar-refractivity contribution in [1.82, 2.24) is 10.6 Å². The molecule has 2 unspecified atom stereocenters. The van der Waals surface area contributed by atoms with Gasteiger partial charge in [0.1, 0.15) is 0 Å². The minimum Gasteiger partial charge on any atom is -0.469 e. The fourth-order valence-corrected chi connectivity index (χ4v) is 3.09. The van der Waals surface area contributed by atoms with Crippen LogP contribution in [0.2, 0.25) is 0 Å². The maximum absolute atomic E-state index is 11.2. The average Bonchev–Trinajstić information content (AvgIpc) is 2.67. The summed E-state index contributed by atoms with van der Waals surface area (Å²) in [4.78, 5) is 16.0. The van der Waals surface area contributed by atoms with E-state index in [-0.39, 0.29) is 12.1 Å². The van der Waals surface area contributed by atoms with Gasteiger partial charge in [-0.05, 0) is 32.3 Å². The third kappa shape index (κ3) is 6.33. The standard InChI is InChI=1S/C20H31N3O3/c1-4-21-20(22-12-11-18(24)25-3)23-14-17-6-5-13-26-19(17)16-9-7-15(2)8-10-16/h7-10,17,19H,4-6,11-14H2,1-3H3,(H2,21,22,23). The second kappa shape index (κ2) is 10.8. The lowest BCUT2D eigenvalue weighted by atomic mass is 9.89. The van der Waals surface area contributed by atoms with Crippen molar-refractivity contribution in [3.63, 3.8) is 0 Å². The second-order valence-electron chi connectivity index (χ2n) is 6.58. The van der Waals surface area contributed by atoms with Crippen molar-refractivity contribution in [2.75, 3.05) is 33.4 Å². The molecule has 2 N–H and O–H groups in total. The second-order valence-corrected chi connectivity index (χ2v) is 6.58. The minimum atomic E-state index is -0.228. The highest BCUT2D eigenvalue weighted by Crippen LogP contribution is 2.33. The molecule has 144 valence electrons. The topological polar surface area (TPSA) is 72.0 Å². The number of hydrogen-bond donors (Lipinski definition) is 2. The van der Waals surface area contributed by atoms with Crippen molar-refractivity contribution in [2.24, 2.45) is 10.9 Å². The first-order valence-corrected chi connectivity index (χ1v) is 9.41. The van der Waals surface area contributed by atoms with E-state index in [0.29, 0.717) is 25.4 Å². The van der Waals surface area contributed by atoms with Gasteiger partial charge in [0.05, 0.1) is 19.6 Å². The zero-order valence-electron chi connectivity index (χ0n) is 16.1. The Balaban J connectivity index is 1.97. The third-order valence-corrected chi connectivity index (χ3v) is 4.53. The van der Waals surface area contributed by atoms with Crippen molar-refractivity contribution >= 4 is 11.9 Å². The lowest BCUT2D eigenvalue weighted by Gasteiger charge is -2.31. The molecule has 1 aromatic carbocycles. The predicted octanol–water partition coefficient (Wildman–Crippen LogP) is 2.58. The Kier molecular flexibility index (Phi) is 8.41. The van der Waals surface area contributed by atoms with Crippen LogP contribution in [-0.4, -0.2) is 45.3 Å². The van der Waals surface area contributed by atoms with Crippen LogP contribution in [0.15, 0.2) is 29.3 Å². The maximum atomic E-state index is 11.2. The molecule has 1 saturated heterocycles. The van der Waals surface area contributed by atoms with E-state index < -0.39 is 0 Å². The van der Waals surface area contributed by atoms with Gasteiger partial charge >= 0.3 is 5.97 Å². The van der Waals surface area contributed by atoms with E-state index in [4.69, 9.17) is 9.73 Å². The normalized spacial score (nSPS) is 20.5. The number of benzene rings is 1. The molecule has 0 aliphatic carbocycles. The molecule has 6 nitrogen and oxygen atoms in total. The first-order chi connectivity index (χ1) is 12.6. The molecule has 0 bridgehead atoms. The number of carbonyl (C=O) groups is 1. The average molecular weight is 361 g/mol. The number of aliphatic imine (C=N–C) groups is 1. The van der Waals surface area contributed by atoms with Crippen molar-refractivity contribution < 1.29 is 14.3 Å². The van der Waals surface area contributed by atoms with Gasteiger partial charge in [0.25, 0.3) is 0 Å². The molecule has 1 aliphatic rings. The number of hydrogen-bond acceptors (Lipinski definition) is 4. The number of aryl methyl sites for hydroxylation is 1. The van der Waals surface area contributed by atoms with E-state index in [9.17, 15) is 4.79 Å². The SMILES string of the molecule is CCNC(=NCC1CCCOC1c1ccc(C)cc1)NCCC(=O)OC. The van der Waals surface area contributed by atoms with Gasteiger partial charge in [-0.2, -0.15) is 0 Å². The summed E-state index contributed by atoms with van der Waals surface area (Å²) in [6.07, 6.45) is 2.57. The van der Waals surface area contributed by atoms with Gasteiger partial charge in [0.15, 0.2) is 5.96 Å². The van der Waals surface area contributed by atoms with Gasteiger partial charge in [0.2, 0.25) is 0 Å². The minimum absolute atomic E-state index is 0.0889. The zero-order valence-corrected chi connectivity index (χ0v) is 16.1. The highest BCUT2D eigenvalue weighted by molar-refractivity contribution is 5.80. The summed E-state index contributed by atoms with van der Waals surface area (Å²) in [5.74, 6) is 0.848. The van der Waals surface area contributed by atoms with Gasteiger partial charge in [-0.1, -0.05) is 29.8 Å². The van der Waals surface area contributed by atoms with Crippen molar-refractivity contribution in [1.29, 1.82) is 0 Å². The quantitative estimate of drug-likeness (QED) is 0.444. The van der Waals surface area contributed by atoms with Gasteiger partial charge in [-0.3, -0.25) is 9.79 Å². The van der Waals surface area contributed by atoms with E-state index in [0.717, 1.165) is 32.0 Å². The molecular formula is C20H31N3O3. The number of esters is 1. The van der Waals surface area contributed by atoms with Crippen LogP contribution in [0, 0.1) is 12.8 Å². The smallest absolute Gasteiger partial charge is 0.307 e. The highest BCUT2D eigenvalue weighted by atomic mass is 16.5. The van der Waals surface area contributed by atoms with Crippen LogP contribution in [0.5, 0.6) is 0 Å². The zero-order chi connectivity index (χ0) is 18.8. The molecule has 1 aliphatic heterocycles. The fourth-order valence-electron chi connectivity index (χ4n) is 3.09. The van der Waals surface area contributed by atoms with Crippen LogP contribution in [0.25, 0.3) is 0 Å². The van der Waals surface area contributed by atoms with E-state index in [2.05, 4.69) is 46.6 Å². The molecule has 0 spiro atoms. The summed E-state index contributed by atoms with van der Waals surface area (Å²) in [6, 6.07) is 8.57. The molecule has 2 atom stereocenters. The summed E-state index contributed by atoms with van der Waals surface area (Å²) < 4.78 is 10.7. The molecule has 26 heavy (non-hydrogen) atoms. The molecule has 1 heterocycles. The summed E-state index contributed by atoms with van der Waals surface area (Å²) in [5.41, 5.74) is 2.47. The monoisotopic (exact) mass is 361 g/mol. The van der Waals surface area contributed by atoms with E-state index in [1.807, 2.05) is 6.92 Å². The lowest BCUT2D eigenvalue weighted by molar-refractivity contribution is -0.140. The van der Waals surface area contributed by atoms with Crippen LogP contribution in [-0.2, 0) is 14.3 Å². The number of guanidine groups is 1. The van der Waals surface area contributed by atoms with Crippen LogP contribution in [0.4, 0.5) is 0 Å². The van der Waals surface area contributed by atoms with Crippen LogP contribution in [0.3, 0.4) is 0 Å². The van der Waals surface area contributed by atoms with Crippen LogP contribution >= 0.6 is 0 Å². The summed E-state index contributed by atoms with van der Waals surface area (Å²) in [5, 5.41) is 6.41. The number of methoxy groups -OCH3 is 1. The Bertz CT molecular complexity index is 586. The highest BCUT2D eigenvalue weighted by Gasteiger charge is 2.27. The van der Waals surface area contributed by atoms with Crippen LogP contribution < -0.4 is 10.6 Å². The Morgan fingerprint density at radius 1 is 1.31 bits per heavy atom. The number of ether oxygens (including phenoxy) is 2. The van der Waals surface area contributed by atoms with E-state index in [1.54, 1.807) is 0 Å². The Morgan fingerprint density at radius 3 is 2.77 bits per heavy atom. The number of nitrogens with zero attached hydrogens (tertiary/aromatic N) is 1. The van der Waals surface area contributed by atoms with Crippen molar-refractivity contribution in [3.8, 4) is 0 Å². The van der Waals surface area contributed by atoms with Gasteiger partial charge in [-0.25, -0.2) is 0 Å². The van der Waals surface area contributed by atoms with Crippen LogP contribution in [0.1, 0.15) is 43.4 Å².